The predicted molar refractivity (Wildman–Crippen MR) is 56.2 cm³/mol. The van der Waals surface area contributed by atoms with Crippen molar-refractivity contribution in [3.63, 3.8) is 0 Å². The smallest absolute Gasteiger partial charge is 0.356 e. The highest BCUT2D eigenvalue weighted by atomic mass is 16.4. The number of carbonyl (C=O) groups is 2. The molecular formula is C10H8N4O3. The number of aryl methyl sites for hydroxylation is 1. The second kappa shape index (κ2) is 4.12. The number of hydrogen-bond donors (Lipinski definition) is 1. The molecule has 0 aliphatic rings. The predicted octanol–water partition coefficient (Wildman–Crippen LogP) is 0.481. The van der Waals surface area contributed by atoms with Crippen molar-refractivity contribution in [2.24, 2.45) is 0 Å². The maximum atomic E-state index is 10.6. The minimum absolute atomic E-state index is 0.145. The average molecular weight is 232 g/mol. The Bertz CT molecular complexity index is 574. The Hall–Kier alpha value is -2.57. The molecular weight excluding hydrogens is 224 g/mol. The number of aromatic carboxylic acids is 1. The summed E-state index contributed by atoms with van der Waals surface area (Å²) in [5.74, 6) is -0.791. The number of hydrogen-bond acceptors (Lipinski definition) is 5. The number of rotatable bonds is 3. The van der Waals surface area contributed by atoms with Crippen LogP contribution >= 0.6 is 0 Å². The van der Waals surface area contributed by atoms with Gasteiger partial charge in [-0.1, -0.05) is 0 Å². The van der Waals surface area contributed by atoms with Crippen molar-refractivity contribution in [3.8, 4) is 5.82 Å². The van der Waals surface area contributed by atoms with E-state index in [1.165, 1.54) is 17.1 Å². The third kappa shape index (κ3) is 2.03. The van der Waals surface area contributed by atoms with E-state index >= 15 is 0 Å². The number of carboxylic acids is 1. The van der Waals surface area contributed by atoms with Crippen LogP contribution in [0.25, 0.3) is 5.82 Å². The van der Waals surface area contributed by atoms with Gasteiger partial charge in [-0.15, -0.1) is 0 Å². The first-order chi connectivity index (χ1) is 8.11. The normalized spacial score (nSPS) is 10.2. The molecule has 2 heterocycles. The molecule has 0 fully saturated rings. The molecule has 1 N–H and O–H groups in total. The van der Waals surface area contributed by atoms with Gasteiger partial charge in [-0.25, -0.2) is 19.4 Å². The summed E-state index contributed by atoms with van der Waals surface area (Å²) in [5.41, 5.74) is 0.881. The van der Waals surface area contributed by atoms with Gasteiger partial charge in [-0.2, -0.15) is 5.10 Å². The van der Waals surface area contributed by atoms with E-state index in [2.05, 4.69) is 15.1 Å². The number of aromatic nitrogens is 4. The van der Waals surface area contributed by atoms with Crippen molar-refractivity contribution < 1.29 is 14.7 Å². The molecule has 0 bridgehead atoms. The van der Waals surface area contributed by atoms with Crippen LogP contribution in [0, 0.1) is 6.92 Å². The summed E-state index contributed by atoms with van der Waals surface area (Å²) in [6, 6.07) is 0. The lowest BCUT2D eigenvalue weighted by atomic mass is 10.3. The minimum Gasteiger partial charge on any atom is -0.476 e. The van der Waals surface area contributed by atoms with E-state index in [0.717, 1.165) is 6.20 Å². The van der Waals surface area contributed by atoms with Crippen LogP contribution in [-0.4, -0.2) is 37.1 Å². The molecule has 2 rings (SSSR count). The van der Waals surface area contributed by atoms with Crippen LogP contribution in [0.4, 0.5) is 0 Å². The maximum absolute atomic E-state index is 10.6. The molecule has 0 aliphatic heterocycles. The lowest BCUT2D eigenvalue weighted by molar-refractivity contribution is 0.0690. The summed E-state index contributed by atoms with van der Waals surface area (Å²) >= 11 is 0. The van der Waals surface area contributed by atoms with Crippen LogP contribution < -0.4 is 0 Å². The first-order valence-electron chi connectivity index (χ1n) is 4.69. The zero-order chi connectivity index (χ0) is 12.4. The first-order valence-corrected chi connectivity index (χ1v) is 4.69. The van der Waals surface area contributed by atoms with Gasteiger partial charge in [0.1, 0.15) is 0 Å². The summed E-state index contributed by atoms with van der Waals surface area (Å²) in [6.45, 7) is 1.69. The van der Waals surface area contributed by atoms with Gasteiger partial charge in [0.2, 0.25) is 0 Å². The Morgan fingerprint density at radius 3 is 2.65 bits per heavy atom. The van der Waals surface area contributed by atoms with Crippen LogP contribution in [0.2, 0.25) is 0 Å². The first kappa shape index (κ1) is 10.9. The number of carbonyl (C=O) groups excluding carboxylic acids is 1. The second-order valence-corrected chi connectivity index (χ2v) is 3.30. The van der Waals surface area contributed by atoms with Gasteiger partial charge in [-0.3, -0.25) is 4.79 Å². The van der Waals surface area contributed by atoms with Crippen LogP contribution in [0.15, 0.2) is 18.6 Å². The summed E-state index contributed by atoms with van der Waals surface area (Å²) < 4.78 is 1.37. The van der Waals surface area contributed by atoms with E-state index in [-0.39, 0.29) is 5.69 Å². The quantitative estimate of drug-likeness (QED) is 0.773. The van der Waals surface area contributed by atoms with E-state index in [9.17, 15) is 9.59 Å². The molecule has 86 valence electrons. The van der Waals surface area contributed by atoms with Gasteiger partial charge in [0, 0.05) is 6.20 Å². The standard InChI is InChI=1S/C10H8N4O3/c1-6-7(5-15)4-14(13-6)9-3-11-8(2-12-9)10(16)17/h2-5H,1H3,(H,16,17). The second-order valence-electron chi connectivity index (χ2n) is 3.30. The molecule has 0 unspecified atom stereocenters. The largest absolute Gasteiger partial charge is 0.476 e. The lowest BCUT2D eigenvalue weighted by Gasteiger charge is -1.99. The molecule has 2 aromatic rings. The van der Waals surface area contributed by atoms with Crippen LogP contribution in [0.5, 0.6) is 0 Å². The molecule has 2 aromatic heterocycles. The van der Waals surface area contributed by atoms with Gasteiger partial charge in [0.05, 0.1) is 23.7 Å². The van der Waals surface area contributed by atoms with Crippen LogP contribution in [0.1, 0.15) is 26.5 Å². The fourth-order valence-electron chi connectivity index (χ4n) is 1.26. The summed E-state index contributed by atoms with van der Waals surface area (Å²) in [7, 11) is 0. The molecule has 0 amide bonds. The summed E-state index contributed by atoms with van der Waals surface area (Å²) in [6.07, 6.45) is 4.62. The molecule has 0 radical (unpaired) electrons. The van der Waals surface area contributed by atoms with Crippen molar-refractivity contribution in [1.29, 1.82) is 0 Å². The molecule has 0 aliphatic carbocycles. The highest BCUT2D eigenvalue weighted by Crippen LogP contribution is 2.07. The highest BCUT2D eigenvalue weighted by Gasteiger charge is 2.08. The van der Waals surface area contributed by atoms with Gasteiger partial charge in [0.15, 0.2) is 17.8 Å². The zero-order valence-corrected chi connectivity index (χ0v) is 8.86. The molecule has 7 heteroatoms. The average Bonchev–Trinajstić information content (AvgIpc) is 2.70. The molecule has 0 atom stereocenters. The van der Waals surface area contributed by atoms with E-state index in [1.54, 1.807) is 6.92 Å². The van der Waals surface area contributed by atoms with Crippen molar-refractivity contribution >= 4 is 12.3 Å². The SMILES string of the molecule is Cc1nn(-c2cnc(C(=O)O)cn2)cc1C=O. The Morgan fingerprint density at radius 2 is 2.18 bits per heavy atom. The molecule has 0 spiro atoms. The summed E-state index contributed by atoms with van der Waals surface area (Å²) in [4.78, 5) is 28.8. The van der Waals surface area contributed by atoms with Crippen LogP contribution in [0.3, 0.4) is 0 Å². The number of carboxylic acid groups (broad SMARTS) is 1. The van der Waals surface area contributed by atoms with Gasteiger partial charge in [0.25, 0.3) is 0 Å². The zero-order valence-electron chi connectivity index (χ0n) is 8.86. The van der Waals surface area contributed by atoms with Crippen molar-refractivity contribution in [2.45, 2.75) is 6.92 Å². The monoisotopic (exact) mass is 232 g/mol. The molecule has 0 aromatic carbocycles. The number of nitrogens with zero attached hydrogens (tertiary/aromatic N) is 4. The third-order valence-corrected chi connectivity index (χ3v) is 2.16. The van der Waals surface area contributed by atoms with Gasteiger partial charge < -0.3 is 5.11 Å². The molecule has 7 nitrogen and oxygen atoms in total. The maximum Gasteiger partial charge on any atom is 0.356 e. The van der Waals surface area contributed by atoms with Crippen LogP contribution in [-0.2, 0) is 0 Å². The fourth-order valence-corrected chi connectivity index (χ4v) is 1.26. The third-order valence-electron chi connectivity index (χ3n) is 2.16. The number of aldehydes is 1. The lowest BCUT2D eigenvalue weighted by Crippen LogP contribution is -2.05. The minimum atomic E-state index is -1.14. The molecule has 0 saturated heterocycles. The molecule has 17 heavy (non-hydrogen) atoms. The Balaban J connectivity index is 2.39. The van der Waals surface area contributed by atoms with E-state index in [0.29, 0.717) is 23.4 Å². The van der Waals surface area contributed by atoms with E-state index < -0.39 is 5.97 Å². The topological polar surface area (TPSA) is 98.0 Å². The van der Waals surface area contributed by atoms with Crippen molar-refractivity contribution in [2.75, 3.05) is 0 Å². The Morgan fingerprint density at radius 1 is 1.41 bits per heavy atom. The summed E-state index contributed by atoms with van der Waals surface area (Å²) in [5, 5.41) is 12.7. The van der Waals surface area contributed by atoms with Gasteiger partial charge >= 0.3 is 5.97 Å². The fraction of sp³-hybridized carbons (Fsp3) is 0.100. The highest BCUT2D eigenvalue weighted by molar-refractivity contribution is 5.84. The van der Waals surface area contributed by atoms with Crippen molar-refractivity contribution in [1.82, 2.24) is 19.7 Å². The van der Waals surface area contributed by atoms with E-state index in [1.807, 2.05) is 0 Å². The Kier molecular flexibility index (Phi) is 2.65. The Labute approximate surface area is 95.7 Å². The molecule has 0 saturated carbocycles. The van der Waals surface area contributed by atoms with E-state index in [4.69, 9.17) is 5.11 Å². The van der Waals surface area contributed by atoms with Crippen molar-refractivity contribution in [3.05, 3.63) is 35.5 Å². The van der Waals surface area contributed by atoms with Gasteiger partial charge in [-0.05, 0) is 6.92 Å².